The third-order valence-corrected chi connectivity index (χ3v) is 19.6. The largest absolute Gasteiger partial charge is 0.310 e. The van der Waals surface area contributed by atoms with Crippen LogP contribution in [0.1, 0.15) is 143 Å². The molecule has 1 fully saturated rings. The molecule has 1 nitrogen and oxygen atoms in total. The van der Waals surface area contributed by atoms with Gasteiger partial charge in [-0.3, -0.25) is 0 Å². The van der Waals surface area contributed by atoms with Crippen molar-refractivity contribution in [3.63, 3.8) is 0 Å². The van der Waals surface area contributed by atoms with E-state index in [0.717, 1.165) is 5.69 Å². The van der Waals surface area contributed by atoms with Crippen molar-refractivity contribution in [1.82, 2.24) is 0 Å². The second-order valence-corrected chi connectivity index (χ2v) is 26.3. The van der Waals surface area contributed by atoms with Crippen LogP contribution in [-0.2, 0) is 27.1 Å². The summed E-state index contributed by atoms with van der Waals surface area (Å²) in [5.74, 6) is 0. The molecule has 10 aromatic rings. The van der Waals surface area contributed by atoms with E-state index in [0.29, 0.717) is 0 Å². The highest BCUT2D eigenvalue weighted by Crippen LogP contribution is 2.65. The molecule has 5 aliphatic carbocycles. The summed E-state index contributed by atoms with van der Waals surface area (Å²) in [7, 11) is 0. The Kier molecular flexibility index (Phi) is 10.4. The van der Waals surface area contributed by atoms with Crippen LogP contribution < -0.4 is 4.90 Å². The molecule has 0 radical (unpaired) electrons. The lowest BCUT2D eigenvalue weighted by Gasteiger charge is -2.37. The lowest BCUT2D eigenvalue weighted by Crippen LogP contribution is -2.28. The van der Waals surface area contributed by atoms with E-state index >= 15 is 0 Å². The fraction of sp³-hybridized carbons (Fsp3) is 0.231. The maximum Gasteiger partial charge on any atom is 0.0726 e. The van der Waals surface area contributed by atoms with E-state index in [1.807, 2.05) is 0 Å². The Labute approximate surface area is 468 Å². The van der Waals surface area contributed by atoms with Gasteiger partial charge in [-0.05, 0) is 182 Å². The van der Waals surface area contributed by atoms with E-state index in [1.54, 1.807) is 0 Å². The molecule has 2 spiro atoms. The Hall–Kier alpha value is -8.00. The van der Waals surface area contributed by atoms with E-state index in [-0.39, 0.29) is 21.7 Å². The van der Waals surface area contributed by atoms with Gasteiger partial charge < -0.3 is 4.90 Å². The molecule has 15 rings (SSSR count). The van der Waals surface area contributed by atoms with Crippen molar-refractivity contribution in [3.05, 3.63) is 268 Å². The highest BCUT2D eigenvalue weighted by molar-refractivity contribution is 5.98. The zero-order chi connectivity index (χ0) is 53.8. The van der Waals surface area contributed by atoms with E-state index in [9.17, 15) is 0 Å². The summed E-state index contributed by atoms with van der Waals surface area (Å²) in [6.07, 6.45) is 6.19. The van der Waals surface area contributed by atoms with Gasteiger partial charge in [-0.1, -0.05) is 251 Å². The van der Waals surface area contributed by atoms with Crippen molar-refractivity contribution in [2.45, 2.75) is 115 Å². The van der Waals surface area contributed by atoms with Crippen LogP contribution >= 0.6 is 0 Å². The summed E-state index contributed by atoms with van der Waals surface area (Å²) >= 11 is 0. The summed E-state index contributed by atoms with van der Waals surface area (Å²) in [4.78, 5) is 2.58. The SMILES string of the molecule is CC(C)(C)c1ccc2c(c1)-c1cc(C(C)(C)C)ccc1C21c2ccccc2-c2ccc(N(c3ccc(-c4ccccc4-c4cccc5c4C(C)(C)c4ccccc4-5)cc3)c3ccc4c(c3)C3(CCCCC3)c3ccccc3-4)cc21. The van der Waals surface area contributed by atoms with Gasteiger partial charge in [0.2, 0.25) is 0 Å². The molecule has 0 amide bonds. The molecular formula is C78H69N. The predicted molar refractivity (Wildman–Crippen MR) is 333 cm³/mol. The van der Waals surface area contributed by atoms with E-state index in [4.69, 9.17) is 0 Å². The van der Waals surface area contributed by atoms with Gasteiger partial charge in [-0.2, -0.15) is 0 Å². The number of nitrogens with zero attached hydrogens (tertiary/aromatic N) is 1. The van der Waals surface area contributed by atoms with Crippen LogP contribution in [0.15, 0.2) is 212 Å². The predicted octanol–water partition coefficient (Wildman–Crippen LogP) is 21.0. The minimum absolute atomic E-state index is 0.00187. The van der Waals surface area contributed by atoms with Gasteiger partial charge >= 0.3 is 0 Å². The molecule has 0 heterocycles. The quantitative estimate of drug-likeness (QED) is 0.166. The first kappa shape index (κ1) is 48.2. The van der Waals surface area contributed by atoms with Gasteiger partial charge in [0.1, 0.15) is 0 Å². The van der Waals surface area contributed by atoms with E-state index in [1.165, 1.54) is 166 Å². The smallest absolute Gasteiger partial charge is 0.0726 e. The molecule has 5 aliphatic rings. The minimum Gasteiger partial charge on any atom is -0.310 e. The molecule has 10 aromatic carbocycles. The van der Waals surface area contributed by atoms with Gasteiger partial charge in [0, 0.05) is 27.9 Å². The van der Waals surface area contributed by atoms with Crippen molar-refractivity contribution in [1.29, 1.82) is 0 Å². The third-order valence-electron chi connectivity index (χ3n) is 19.6. The summed E-state index contributed by atoms with van der Waals surface area (Å²) in [5, 5.41) is 0. The third kappa shape index (κ3) is 6.81. The molecule has 1 saturated carbocycles. The molecule has 0 N–H and O–H groups in total. The van der Waals surface area contributed by atoms with Gasteiger partial charge in [0.25, 0.3) is 0 Å². The van der Waals surface area contributed by atoms with Gasteiger partial charge in [0.05, 0.1) is 5.41 Å². The molecular weight excluding hydrogens is 951 g/mol. The van der Waals surface area contributed by atoms with E-state index < -0.39 is 5.41 Å². The number of fused-ring (bicyclic) bond motifs is 18. The molecule has 0 unspecified atom stereocenters. The second-order valence-electron chi connectivity index (χ2n) is 26.3. The minimum atomic E-state index is -0.502. The van der Waals surface area contributed by atoms with Crippen LogP contribution in [0.25, 0.3) is 66.8 Å². The van der Waals surface area contributed by atoms with Crippen LogP contribution in [0.3, 0.4) is 0 Å². The van der Waals surface area contributed by atoms with Crippen molar-refractivity contribution in [2.75, 3.05) is 4.90 Å². The first-order valence-electron chi connectivity index (χ1n) is 29.2. The average molecular weight is 1020 g/mol. The van der Waals surface area contributed by atoms with Crippen molar-refractivity contribution in [3.8, 4) is 66.8 Å². The van der Waals surface area contributed by atoms with Crippen molar-refractivity contribution in [2.24, 2.45) is 0 Å². The molecule has 0 bridgehead atoms. The van der Waals surface area contributed by atoms with Gasteiger partial charge in [0.15, 0.2) is 0 Å². The topological polar surface area (TPSA) is 3.24 Å². The Balaban J connectivity index is 0.934. The molecule has 0 saturated heterocycles. The van der Waals surface area contributed by atoms with Gasteiger partial charge in [-0.25, -0.2) is 0 Å². The normalized spacial score (nSPS) is 16.2. The van der Waals surface area contributed by atoms with Crippen LogP contribution in [0.4, 0.5) is 17.1 Å². The standard InChI is InChI=1S/C78H69N/c1-74(2,3)50-33-41-69-64(45-50)65-46-51(75(4,5)6)34-42-70(65)78(69)68-30-17-14-24-58(68)61-40-38-54(48-72(61)78)79(53-37-39-60-57-23-13-16-29-67(57)77(71(60)47-53)43-18-9-19-44-77)52-35-31-49(32-36-52)55-21-10-11-22-56(55)62-26-20-27-63-59-25-12-15-28-66(59)76(7,8)73(62)63/h10-17,20-42,45-48H,9,18-19,43-44H2,1-8H3. The summed E-state index contributed by atoms with van der Waals surface area (Å²) in [5.41, 5.74) is 32.9. The van der Waals surface area contributed by atoms with Crippen LogP contribution in [0.5, 0.6) is 0 Å². The maximum atomic E-state index is 2.60. The Morgan fingerprint density at radius 3 is 1.34 bits per heavy atom. The zero-order valence-corrected chi connectivity index (χ0v) is 47.2. The number of anilines is 3. The Morgan fingerprint density at radius 1 is 0.316 bits per heavy atom. The highest BCUT2D eigenvalue weighted by Gasteiger charge is 2.53. The summed E-state index contributed by atoms with van der Waals surface area (Å²) in [6, 6.07) is 82.9. The van der Waals surface area contributed by atoms with Crippen LogP contribution in [0.2, 0.25) is 0 Å². The van der Waals surface area contributed by atoms with Crippen molar-refractivity contribution < 1.29 is 0 Å². The number of rotatable bonds is 5. The van der Waals surface area contributed by atoms with Gasteiger partial charge in [-0.15, -0.1) is 0 Å². The molecule has 1 heteroatoms. The first-order valence-corrected chi connectivity index (χ1v) is 29.2. The first-order chi connectivity index (χ1) is 38.2. The number of hydrogen-bond acceptors (Lipinski definition) is 1. The lowest BCUT2D eigenvalue weighted by atomic mass is 9.68. The molecule has 79 heavy (non-hydrogen) atoms. The second kappa shape index (κ2) is 17.0. The van der Waals surface area contributed by atoms with Crippen molar-refractivity contribution >= 4 is 17.1 Å². The Morgan fingerprint density at radius 2 is 0.747 bits per heavy atom. The number of benzene rings is 10. The molecule has 0 aliphatic heterocycles. The fourth-order valence-corrected chi connectivity index (χ4v) is 15.8. The average Bonchev–Trinajstić information content (AvgIpc) is 4.25. The highest BCUT2D eigenvalue weighted by atomic mass is 15.1. The summed E-state index contributed by atoms with van der Waals surface area (Å²) in [6.45, 7) is 18.9. The zero-order valence-electron chi connectivity index (χ0n) is 47.2. The van der Waals surface area contributed by atoms with E-state index in [2.05, 4.69) is 273 Å². The molecule has 0 atom stereocenters. The molecule has 0 aromatic heterocycles. The monoisotopic (exact) mass is 1020 g/mol. The Bertz CT molecular complexity index is 4090. The molecule has 386 valence electrons. The van der Waals surface area contributed by atoms with Crippen LogP contribution in [0, 0.1) is 0 Å². The number of hydrogen-bond donors (Lipinski definition) is 0. The lowest BCUT2D eigenvalue weighted by molar-refractivity contribution is 0.353. The van der Waals surface area contributed by atoms with Crippen LogP contribution in [-0.4, -0.2) is 0 Å². The summed E-state index contributed by atoms with van der Waals surface area (Å²) < 4.78 is 0. The maximum absolute atomic E-state index is 2.60. The fourth-order valence-electron chi connectivity index (χ4n) is 15.8.